The average molecular weight is 294 g/mol. The molecule has 13 heavy (non-hydrogen) atoms. The summed E-state index contributed by atoms with van der Waals surface area (Å²) in [4.78, 5) is 10.7. The highest BCUT2D eigenvalue weighted by molar-refractivity contribution is 14.1. The molecule has 2 aliphatic carbocycles. The summed E-state index contributed by atoms with van der Waals surface area (Å²) in [5.41, 5.74) is 0. The van der Waals surface area contributed by atoms with E-state index in [2.05, 4.69) is 22.6 Å². The molecule has 0 radical (unpaired) electrons. The minimum absolute atomic E-state index is 0.106. The van der Waals surface area contributed by atoms with Crippen LogP contribution in [0.3, 0.4) is 0 Å². The number of carboxylic acids is 1. The first kappa shape index (κ1) is 9.74. The van der Waals surface area contributed by atoms with Gasteiger partial charge in [-0.2, -0.15) is 0 Å². The van der Waals surface area contributed by atoms with Crippen LogP contribution in [-0.4, -0.2) is 14.5 Å². The van der Waals surface area contributed by atoms with Gasteiger partial charge in [0.05, 0.1) is 6.42 Å². The first-order valence-electron chi connectivity index (χ1n) is 5.02. The molecule has 0 heterocycles. The average Bonchev–Trinajstić information content (AvgIpc) is 2.02. The Morgan fingerprint density at radius 3 is 2.77 bits per heavy atom. The van der Waals surface area contributed by atoms with E-state index >= 15 is 0 Å². The minimum Gasteiger partial charge on any atom is -0.481 e. The highest BCUT2D eigenvalue weighted by Gasteiger charge is 2.53. The second kappa shape index (κ2) is 3.41. The van der Waals surface area contributed by atoms with Crippen molar-refractivity contribution < 1.29 is 9.90 Å². The molecule has 1 N–H and O–H groups in total. The molecule has 3 heteroatoms. The summed E-state index contributed by atoms with van der Waals surface area (Å²) in [7, 11) is 0. The van der Waals surface area contributed by atoms with Crippen LogP contribution >= 0.6 is 22.6 Å². The van der Waals surface area contributed by atoms with Crippen LogP contribution in [0.2, 0.25) is 0 Å². The van der Waals surface area contributed by atoms with Gasteiger partial charge in [0.2, 0.25) is 0 Å². The van der Waals surface area contributed by atoms with Crippen LogP contribution in [-0.2, 0) is 4.79 Å². The summed E-state index contributed by atoms with van der Waals surface area (Å²) in [6.07, 6.45) is 6.79. The molecular weight excluding hydrogens is 279 g/mol. The fourth-order valence-corrected chi connectivity index (χ4v) is 4.73. The van der Waals surface area contributed by atoms with Crippen molar-refractivity contribution in [1.82, 2.24) is 0 Å². The Bertz CT molecular complexity index is 229. The lowest BCUT2D eigenvalue weighted by atomic mass is 9.57. The van der Waals surface area contributed by atoms with E-state index in [1.54, 1.807) is 0 Å². The van der Waals surface area contributed by atoms with Gasteiger partial charge in [-0.15, -0.1) is 0 Å². The third-order valence-corrected chi connectivity index (χ3v) is 5.24. The monoisotopic (exact) mass is 294 g/mol. The van der Waals surface area contributed by atoms with Gasteiger partial charge in [0.1, 0.15) is 0 Å². The van der Waals surface area contributed by atoms with Crippen molar-refractivity contribution in [3.63, 3.8) is 0 Å². The number of fused-ring (bicyclic) bond motifs is 1. The Balaban J connectivity index is 1.98. The van der Waals surface area contributed by atoms with E-state index in [-0.39, 0.29) is 3.42 Å². The molecule has 0 unspecified atom stereocenters. The molecule has 0 saturated heterocycles. The maximum Gasteiger partial charge on any atom is 0.304 e. The van der Waals surface area contributed by atoms with E-state index in [9.17, 15) is 4.79 Å². The largest absolute Gasteiger partial charge is 0.481 e. The van der Waals surface area contributed by atoms with Crippen LogP contribution in [0.5, 0.6) is 0 Å². The molecule has 0 aliphatic heterocycles. The summed E-state index contributed by atoms with van der Waals surface area (Å²) in [5.74, 6) is 0.932. The molecule has 0 aromatic heterocycles. The zero-order valence-corrected chi connectivity index (χ0v) is 9.79. The molecule has 2 saturated carbocycles. The second-order valence-electron chi connectivity index (χ2n) is 4.46. The van der Waals surface area contributed by atoms with Crippen LogP contribution in [0.15, 0.2) is 0 Å². The highest BCUT2D eigenvalue weighted by Crippen LogP contribution is 2.58. The summed E-state index contributed by atoms with van der Waals surface area (Å²) in [6, 6.07) is 0. The Morgan fingerprint density at radius 1 is 1.46 bits per heavy atom. The van der Waals surface area contributed by atoms with Crippen molar-refractivity contribution >= 4 is 28.6 Å². The minimum atomic E-state index is -0.626. The number of hydrogen-bond donors (Lipinski definition) is 1. The number of rotatable bonds is 2. The smallest absolute Gasteiger partial charge is 0.304 e. The standard InChI is InChI=1S/C10H15IO2/c11-10(6-9(12)13)5-7-3-1-2-4-8(7)10/h7-8H,1-6H2,(H,12,13)/t7-,8-,10+/m0/s1. The molecule has 0 bridgehead atoms. The van der Waals surface area contributed by atoms with E-state index in [1.807, 2.05) is 0 Å². The number of alkyl halides is 1. The molecule has 0 amide bonds. The first-order valence-corrected chi connectivity index (χ1v) is 6.10. The Kier molecular flexibility index (Phi) is 2.55. The topological polar surface area (TPSA) is 37.3 Å². The summed E-state index contributed by atoms with van der Waals surface area (Å²) >= 11 is 2.40. The second-order valence-corrected chi connectivity index (χ2v) is 6.61. The molecule has 74 valence electrons. The number of carboxylic acid groups (broad SMARTS) is 1. The van der Waals surface area contributed by atoms with Crippen molar-refractivity contribution in [2.24, 2.45) is 11.8 Å². The fraction of sp³-hybridized carbons (Fsp3) is 0.900. The number of carbonyl (C=O) groups is 1. The Hall–Kier alpha value is 0.200. The third kappa shape index (κ3) is 1.72. The van der Waals surface area contributed by atoms with Crippen molar-refractivity contribution in [3.8, 4) is 0 Å². The van der Waals surface area contributed by atoms with Crippen LogP contribution in [0.4, 0.5) is 0 Å². The van der Waals surface area contributed by atoms with Crippen molar-refractivity contribution in [1.29, 1.82) is 0 Å². The lowest BCUT2D eigenvalue weighted by Crippen LogP contribution is -2.51. The predicted molar refractivity (Wildman–Crippen MR) is 59.1 cm³/mol. The van der Waals surface area contributed by atoms with Gasteiger partial charge in [-0.25, -0.2) is 0 Å². The quantitative estimate of drug-likeness (QED) is 0.628. The molecule has 2 aliphatic rings. The van der Waals surface area contributed by atoms with Crippen LogP contribution < -0.4 is 0 Å². The van der Waals surface area contributed by atoms with E-state index in [1.165, 1.54) is 25.7 Å². The zero-order valence-electron chi connectivity index (χ0n) is 7.63. The van der Waals surface area contributed by atoms with Gasteiger partial charge in [0.25, 0.3) is 0 Å². The van der Waals surface area contributed by atoms with Gasteiger partial charge >= 0.3 is 5.97 Å². The van der Waals surface area contributed by atoms with E-state index in [0.717, 1.165) is 12.3 Å². The molecule has 2 nitrogen and oxygen atoms in total. The first-order chi connectivity index (χ1) is 6.12. The lowest BCUT2D eigenvalue weighted by Gasteiger charge is -2.54. The number of aliphatic carboxylic acids is 1. The third-order valence-electron chi connectivity index (χ3n) is 3.62. The molecule has 3 atom stereocenters. The van der Waals surface area contributed by atoms with Crippen molar-refractivity contribution in [2.75, 3.05) is 0 Å². The van der Waals surface area contributed by atoms with Gasteiger partial charge in [-0.1, -0.05) is 41.9 Å². The SMILES string of the molecule is O=C(O)C[C@]1(I)C[C@@H]2CCCC[C@@H]21. The molecule has 0 spiro atoms. The van der Waals surface area contributed by atoms with E-state index < -0.39 is 5.97 Å². The van der Waals surface area contributed by atoms with Gasteiger partial charge in [-0.3, -0.25) is 4.79 Å². The summed E-state index contributed by atoms with van der Waals surface area (Å²) in [5, 5.41) is 8.80. The van der Waals surface area contributed by atoms with Crippen LogP contribution in [0.25, 0.3) is 0 Å². The predicted octanol–water partition coefficient (Wildman–Crippen LogP) is 2.85. The van der Waals surface area contributed by atoms with Gasteiger partial charge in [-0.05, 0) is 24.7 Å². The van der Waals surface area contributed by atoms with Crippen molar-refractivity contribution in [3.05, 3.63) is 0 Å². The van der Waals surface area contributed by atoms with Crippen LogP contribution in [0, 0.1) is 11.8 Å². The number of halogens is 1. The molecular formula is C10H15IO2. The zero-order chi connectivity index (χ0) is 9.47. The van der Waals surface area contributed by atoms with Gasteiger partial charge in [0.15, 0.2) is 0 Å². The molecule has 0 aromatic carbocycles. The lowest BCUT2D eigenvalue weighted by molar-refractivity contribution is -0.139. The Morgan fingerprint density at radius 2 is 2.15 bits per heavy atom. The van der Waals surface area contributed by atoms with Crippen molar-refractivity contribution in [2.45, 2.75) is 41.9 Å². The molecule has 0 aromatic rings. The van der Waals surface area contributed by atoms with Crippen LogP contribution in [0.1, 0.15) is 38.5 Å². The fourth-order valence-electron chi connectivity index (χ4n) is 3.01. The molecule has 2 fully saturated rings. The summed E-state index contributed by atoms with van der Waals surface area (Å²) in [6.45, 7) is 0. The van der Waals surface area contributed by atoms with Gasteiger partial charge in [0, 0.05) is 3.42 Å². The van der Waals surface area contributed by atoms with E-state index in [0.29, 0.717) is 12.3 Å². The Labute approximate surface area is 92.2 Å². The number of hydrogen-bond acceptors (Lipinski definition) is 1. The highest BCUT2D eigenvalue weighted by atomic mass is 127. The maximum absolute atomic E-state index is 10.7. The van der Waals surface area contributed by atoms with Gasteiger partial charge < -0.3 is 5.11 Å². The van der Waals surface area contributed by atoms with E-state index in [4.69, 9.17) is 5.11 Å². The maximum atomic E-state index is 10.7. The normalized spacial score (nSPS) is 43.5. The molecule has 2 rings (SSSR count). The summed E-state index contributed by atoms with van der Waals surface area (Å²) < 4.78 is 0.106.